The van der Waals surface area contributed by atoms with E-state index < -0.39 is 17.8 Å². The summed E-state index contributed by atoms with van der Waals surface area (Å²) in [6.07, 6.45) is 0.662. The van der Waals surface area contributed by atoms with Crippen LogP contribution in [0.2, 0.25) is 0 Å². The van der Waals surface area contributed by atoms with Gasteiger partial charge in [0, 0.05) is 24.2 Å². The van der Waals surface area contributed by atoms with Crippen molar-refractivity contribution < 1.29 is 18.4 Å². The Morgan fingerprint density at radius 2 is 2.23 bits per heavy atom. The van der Waals surface area contributed by atoms with E-state index in [2.05, 4.69) is 31.1 Å². The van der Waals surface area contributed by atoms with Gasteiger partial charge >= 0.3 is 0 Å². The lowest BCUT2D eigenvalue weighted by Crippen LogP contribution is -2.28. The van der Waals surface area contributed by atoms with Crippen LogP contribution in [-0.4, -0.2) is 33.0 Å². The van der Waals surface area contributed by atoms with Gasteiger partial charge in [-0.1, -0.05) is 5.16 Å². The third-order valence-electron chi connectivity index (χ3n) is 4.12. The summed E-state index contributed by atoms with van der Waals surface area (Å²) in [6.45, 7) is 1.72. The first kappa shape index (κ1) is 21.2. The van der Waals surface area contributed by atoms with Crippen LogP contribution in [0.4, 0.5) is 10.2 Å². The number of nitrogens with zero attached hydrogens (tertiary/aromatic N) is 5. The van der Waals surface area contributed by atoms with Crippen molar-refractivity contribution in [2.75, 3.05) is 12.8 Å². The number of nitriles is 1. The van der Waals surface area contributed by atoms with Gasteiger partial charge in [0.2, 0.25) is 0 Å². The lowest BCUT2D eigenvalue weighted by Gasteiger charge is -2.21. The number of nitrogen functional groups attached to an aromatic ring is 1. The predicted molar refractivity (Wildman–Crippen MR) is 107 cm³/mol. The van der Waals surface area contributed by atoms with E-state index in [-0.39, 0.29) is 29.5 Å². The van der Waals surface area contributed by atoms with Crippen LogP contribution in [0.1, 0.15) is 40.4 Å². The summed E-state index contributed by atoms with van der Waals surface area (Å²) >= 11 is 3.19. The molecule has 2 heterocycles. The van der Waals surface area contributed by atoms with Crippen LogP contribution in [0.3, 0.4) is 0 Å². The molecule has 3 rings (SSSR count). The van der Waals surface area contributed by atoms with E-state index in [1.807, 2.05) is 6.07 Å². The first-order valence-corrected chi connectivity index (χ1v) is 9.43. The quantitative estimate of drug-likeness (QED) is 0.575. The van der Waals surface area contributed by atoms with Crippen molar-refractivity contribution in [2.24, 2.45) is 0 Å². The number of nitrogens with two attached hydrogens (primary N) is 1. The zero-order valence-corrected chi connectivity index (χ0v) is 17.6. The highest BCUT2D eigenvalue weighted by atomic mass is 79.9. The van der Waals surface area contributed by atoms with Crippen LogP contribution in [0, 0.1) is 17.1 Å². The highest BCUT2D eigenvalue weighted by molar-refractivity contribution is 9.10. The van der Waals surface area contributed by atoms with Gasteiger partial charge in [-0.2, -0.15) is 5.26 Å². The summed E-state index contributed by atoms with van der Waals surface area (Å²) in [5, 5.41) is 12.4. The Bertz CT molecular complexity index is 1130. The number of hydrogen-bond donors (Lipinski definition) is 1. The van der Waals surface area contributed by atoms with E-state index in [9.17, 15) is 9.18 Å². The van der Waals surface area contributed by atoms with E-state index in [0.717, 1.165) is 0 Å². The van der Waals surface area contributed by atoms with E-state index in [1.54, 1.807) is 14.0 Å². The molecule has 3 aromatic rings. The maximum Gasteiger partial charge on any atom is 0.258 e. The first-order chi connectivity index (χ1) is 14.3. The summed E-state index contributed by atoms with van der Waals surface area (Å²) in [5.41, 5.74) is 6.44. The first-order valence-electron chi connectivity index (χ1n) is 8.63. The van der Waals surface area contributed by atoms with E-state index in [4.69, 9.17) is 20.3 Å². The number of rotatable bonds is 6. The predicted octanol–water partition coefficient (Wildman–Crippen LogP) is 3.23. The minimum atomic E-state index is -0.755. The van der Waals surface area contributed by atoms with E-state index in [0.29, 0.717) is 15.9 Å². The monoisotopic (exact) mass is 474 g/mol. The van der Waals surface area contributed by atoms with Crippen LogP contribution in [-0.2, 0) is 6.54 Å². The molecule has 1 amide bonds. The molecule has 1 unspecified atom stereocenters. The molecule has 0 spiro atoms. The molecule has 0 aliphatic carbocycles. The van der Waals surface area contributed by atoms with Crippen molar-refractivity contribution in [3.63, 3.8) is 0 Å². The molecule has 0 saturated heterocycles. The highest BCUT2D eigenvalue weighted by Crippen LogP contribution is 2.28. The third-order valence-corrected chi connectivity index (χ3v) is 4.50. The number of halogens is 2. The largest absolute Gasteiger partial charge is 0.467 e. The van der Waals surface area contributed by atoms with Crippen molar-refractivity contribution >= 4 is 27.7 Å². The molecule has 0 fully saturated rings. The zero-order valence-electron chi connectivity index (χ0n) is 16.0. The molecule has 0 aliphatic heterocycles. The second kappa shape index (κ2) is 8.87. The molecule has 30 heavy (non-hydrogen) atoms. The molecule has 11 heteroatoms. The molecule has 2 aromatic heterocycles. The van der Waals surface area contributed by atoms with Crippen LogP contribution >= 0.6 is 15.9 Å². The molecule has 0 aliphatic rings. The zero-order chi connectivity index (χ0) is 21.8. The second-order valence-corrected chi connectivity index (χ2v) is 7.14. The SMILES string of the molecule is CC(Oc1nc(Br)cnc1N)c1cc(F)ccc1C(=O)N(C)Cc1cc(C#N)no1. The number of ether oxygens (including phenoxy) is 1. The van der Waals surface area contributed by atoms with Crippen molar-refractivity contribution in [1.29, 1.82) is 5.26 Å². The van der Waals surface area contributed by atoms with E-state index in [1.165, 1.54) is 35.4 Å². The molecule has 1 aromatic carbocycles. The molecule has 9 nitrogen and oxygen atoms in total. The summed E-state index contributed by atoms with van der Waals surface area (Å²) < 4.78 is 25.1. The number of amides is 1. The van der Waals surface area contributed by atoms with Gasteiger partial charge in [0.25, 0.3) is 11.8 Å². The number of anilines is 1. The van der Waals surface area contributed by atoms with Gasteiger partial charge in [-0.15, -0.1) is 0 Å². The number of hydrogen-bond acceptors (Lipinski definition) is 8. The van der Waals surface area contributed by atoms with Gasteiger partial charge in [-0.25, -0.2) is 14.4 Å². The Morgan fingerprint density at radius 3 is 2.93 bits per heavy atom. The standard InChI is InChI=1S/C19H16BrFN6O3/c1-10(29-18-17(23)24-8-16(20)25-18)15-5-11(21)3-4-14(15)19(28)27(2)9-13-6-12(7-22)26-30-13/h3-6,8,10H,9H2,1-2H3,(H2,23,24). The molecular weight excluding hydrogens is 459 g/mol. The lowest BCUT2D eigenvalue weighted by atomic mass is 10.0. The maximum absolute atomic E-state index is 13.9. The topological polar surface area (TPSA) is 131 Å². The summed E-state index contributed by atoms with van der Waals surface area (Å²) in [6, 6.07) is 7.07. The Kier molecular flexibility index (Phi) is 6.27. The van der Waals surface area contributed by atoms with Crippen LogP contribution in [0.15, 0.2) is 39.6 Å². The van der Waals surface area contributed by atoms with Crippen molar-refractivity contribution in [2.45, 2.75) is 19.6 Å². The molecule has 0 radical (unpaired) electrons. The molecular formula is C19H16BrFN6O3. The molecule has 2 N–H and O–H groups in total. The van der Waals surface area contributed by atoms with E-state index >= 15 is 0 Å². The summed E-state index contributed by atoms with van der Waals surface area (Å²) in [7, 11) is 1.55. The molecule has 0 bridgehead atoms. The van der Waals surface area contributed by atoms with Crippen LogP contribution in [0.5, 0.6) is 5.88 Å². The highest BCUT2D eigenvalue weighted by Gasteiger charge is 2.23. The molecule has 1 atom stereocenters. The van der Waals surface area contributed by atoms with Gasteiger partial charge < -0.3 is 19.9 Å². The number of aromatic nitrogens is 3. The smallest absolute Gasteiger partial charge is 0.258 e. The average molecular weight is 475 g/mol. The summed E-state index contributed by atoms with van der Waals surface area (Å²) in [4.78, 5) is 22.4. The summed E-state index contributed by atoms with van der Waals surface area (Å²) in [5.74, 6) is -0.471. The normalized spacial score (nSPS) is 11.6. The van der Waals surface area contributed by atoms with Crippen molar-refractivity contribution in [1.82, 2.24) is 20.0 Å². The minimum Gasteiger partial charge on any atom is -0.467 e. The Balaban J connectivity index is 1.85. The number of carbonyl (C=O) groups is 1. The maximum atomic E-state index is 13.9. The van der Waals surface area contributed by atoms with Gasteiger partial charge in [-0.05, 0) is 41.1 Å². The number of carbonyl (C=O) groups excluding carboxylic acids is 1. The van der Waals surface area contributed by atoms with Gasteiger partial charge in [-0.3, -0.25) is 4.79 Å². The van der Waals surface area contributed by atoms with Gasteiger partial charge in [0.05, 0.1) is 12.7 Å². The van der Waals surface area contributed by atoms with Crippen molar-refractivity contribution in [3.8, 4) is 11.9 Å². The third kappa shape index (κ3) is 4.72. The lowest BCUT2D eigenvalue weighted by molar-refractivity contribution is 0.0767. The number of benzene rings is 1. The van der Waals surface area contributed by atoms with Crippen LogP contribution < -0.4 is 10.5 Å². The fourth-order valence-corrected chi connectivity index (χ4v) is 2.96. The fourth-order valence-electron chi connectivity index (χ4n) is 2.69. The Morgan fingerprint density at radius 1 is 1.47 bits per heavy atom. The van der Waals surface area contributed by atoms with Gasteiger partial charge in [0.1, 0.15) is 22.6 Å². The Hall–Kier alpha value is -3.52. The Labute approximate surface area is 179 Å². The molecule has 0 saturated carbocycles. The molecule has 154 valence electrons. The van der Waals surface area contributed by atoms with Crippen molar-refractivity contribution in [3.05, 3.63) is 63.5 Å². The minimum absolute atomic E-state index is 0.0542. The van der Waals surface area contributed by atoms with Gasteiger partial charge in [0.15, 0.2) is 17.3 Å². The van der Waals surface area contributed by atoms with Crippen LogP contribution in [0.25, 0.3) is 0 Å². The fraction of sp³-hybridized carbons (Fsp3) is 0.211. The average Bonchev–Trinajstić information content (AvgIpc) is 3.17. The second-order valence-electron chi connectivity index (χ2n) is 6.33.